The molecule has 14 atom stereocenters. The lowest BCUT2D eigenvalue weighted by Gasteiger charge is -2.73. The molecule has 0 spiro atoms. The number of hydrogen-bond donors (Lipinski definition) is 1. The largest absolute Gasteiger partial charge is 0.481 e. The summed E-state index contributed by atoms with van der Waals surface area (Å²) in [5.74, 6) is 1.38. The highest BCUT2D eigenvalue weighted by atomic mass is 16.5. The number of carboxylic acid groups (broad SMARTS) is 1. The van der Waals surface area contributed by atoms with Gasteiger partial charge >= 0.3 is 11.9 Å². The average molecular weight is 831 g/mol. The van der Waals surface area contributed by atoms with Gasteiger partial charge in [-0.05, 0) is 153 Å². The Bertz CT molecular complexity index is 1780. The Hall–Kier alpha value is -2.22. The lowest BCUT2D eigenvalue weighted by molar-refractivity contribution is -0.251. The topological polar surface area (TPSA) is 104 Å². The smallest absolute Gasteiger partial charge is 0.309 e. The molecule has 0 radical (unpaired) electrons. The summed E-state index contributed by atoms with van der Waals surface area (Å²) in [4.78, 5) is 59.1. The number of fused-ring (bicyclic) bond motifs is 7. The Kier molecular flexibility index (Phi) is 10.8. The van der Waals surface area contributed by atoms with Crippen molar-refractivity contribution in [3.8, 4) is 0 Å². The van der Waals surface area contributed by atoms with E-state index in [-0.39, 0.29) is 62.3 Å². The van der Waals surface area contributed by atoms with Gasteiger partial charge in [-0.15, -0.1) is 0 Å². The number of allylic oxidation sites excluding steroid dienone is 1. The molecule has 60 heavy (non-hydrogen) atoms. The van der Waals surface area contributed by atoms with Crippen LogP contribution in [0.4, 0.5) is 0 Å². The van der Waals surface area contributed by atoms with Gasteiger partial charge in [0.05, 0.1) is 11.8 Å². The standard InChI is InChI=1S/C52H82N2O6/c1-13-53-24-26-54(27-25-53)43(56)35-28-32(46(35,4)5)29-40(55)52-21-16-33(31(2)3)42(52)34-14-15-39-49(10)19-18-41(60-45(59)37-30-36(44(57)58)47(37,6)7)48(8,9)38(49)17-20-51(39,12)50(34,11)22-23-52/h32-39,41-42H,2,13-30H2,1,3-12H3,(H,57,58)/t32-,33+,34-,35+,36-,37+,38+,39-,41+,42-,49+,50-,51-,52-/m1/s1. The molecule has 0 aromatic rings. The van der Waals surface area contributed by atoms with Gasteiger partial charge in [0.2, 0.25) is 5.91 Å². The second kappa shape index (κ2) is 14.7. The van der Waals surface area contributed by atoms with Crippen LogP contribution in [0, 0.1) is 91.2 Å². The summed E-state index contributed by atoms with van der Waals surface area (Å²) in [7, 11) is 0. The SMILES string of the molecule is C=C(C)[C@@H]1CC[C@]2(C(=O)C[C@H]3C[C@@H](C(=O)N4CCN(CC)CC4)C3(C)C)CC[C@]3(C)[C@H](CC[C@@H]4[C@@]5(C)CC[C@H](OC(=O)[C@@H]6C[C@H](C(=O)O)C6(C)C)C(C)(C)[C@@H]5CC[C@]43C)[C@@H]12. The number of rotatable bonds is 9. The average Bonchev–Trinajstić information content (AvgIpc) is 3.58. The van der Waals surface area contributed by atoms with Crippen molar-refractivity contribution in [2.75, 3.05) is 32.7 Å². The Morgan fingerprint density at radius 1 is 0.700 bits per heavy atom. The number of amides is 1. The Morgan fingerprint density at radius 2 is 1.38 bits per heavy atom. The molecule has 0 aromatic carbocycles. The molecule has 8 nitrogen and oxygen atoms in total. The number of Topliss-reactive ketones (excluding diaryl/α,β-unsaturated/α-hetero) is 1. The van der Waals surface area contributed by atoms with Crippen LogP contribution >= 0.6 is 0 Å². The number of ether oxygens (including phenoxy) is 1. The first-order valence-corrected chi connectivity index (χ1v) is 24.5. The minimum Gasteiger partial charge on any atom is -0.481 e. The number of hydrogen-bond acceptors (Lipinski definition) is 6. The molecular formula is C52H82N2O6. The molecule has 1 amide bonds. The third-order valence-corrected chi connectivity index (χ3v) is 22.0. The van der Waals surface area contributed by atoms with Crippen molar-refractivity contribution < 1.29 is 29.0 Å². The van der Waals surface area contributed by atoms with Gasteiger partial charge in [-0.1, -0.05) is 81.4 Å². The first-order valence-electron chi connectivity index (χ1n) is 24.5. The zero-order valence-electron chi connectivity index (χ0n) is 39.6. The van der Waals surface area contributed by atoms with Gasteiger partial charge in [0.25, 0.3) is 0 Å². The van der Waals surface area contributed by atoms with Crippen molar-refractivity contribution in [1.82, 2.24) is 9.80 Å². The molecule has 8 aliphatic rings. The van der Waals surface area contributed by atoms with E-state index in [1.807, 2.05) is 13.8 Å². The number of carboxylic acids is 1. The first kappa shape index (κ1) is 44.4. The number of likely N-dealkylation sites (N-methyl/N-ethyl adjacent to an activating group) is 1. The predicted molar refractivity (Wildman–Crippen MR) is 236 cm³/mol. The maximum atomic E-state index is 15.2. The van der Waals surface area contributed by atoms with Crippen LogP contribution in [-0.4, -0.2) is 77.4 Å². The third kappa shape index (κ3) is 6.16. The molecule has 1 saturated heterocycles. The second-order valence-corrected chi connectivity index (χ2v) is 24.8. The van der Waals surface area contributed by atoms with Crippen LogP contribution in [0.25, 0.3) is 0 Å². The number of esters is 1. The molecule has 336 valence electrons. The van der Waals surface area contributed by atoms with Gasteiger partial charge in [-0.25, -0.2) is 0 Å². The summed E-state index contributed by atoms with van der Waals surface area (Å²) in [5, 5.41) is 9.70. The summed E-state index contributed by atoms with van der Waals surface area (Å²) in [5.41, 5.74) is 0.415. The minimum atomic E-state index is -0.818. The fourth-order valence-corrected chi connectivity index (χ4v) is 17.5. The van der Waals surface area contributed by atoms with Crippen molar-refractivity contribution >= 4 is 23.6 Å². The quantitative estimate of drug-likeness (QED) is 0.182. The molecule has 8 fully saturated rings. The first-order chi connectivity index (χ1) is 27.9. The zero-order valence-corrected chi connectivity index (χ0v) is 39.6. The van der Waals surface area contributed by atoms with Crippen molar-refractivity contribution in [2.45, 2.75) is 166 Å². The molecule has 7 aliphatic carbocycles. The van der Waals surface area contributed by atoms with Crippen LogP contribution in [0.3, 0.4) is 0 Å². The molecule has 0 bridgehead atoms. The van der Waals surface area contributed by atoms with Crippen molar-refractivity contribution in [3.05, 3.63) is 12.2 Å². The fourth-order valence-electron chi connectivity index (χ4n) is 17.5. The van der Waals surface area contributed by atoms with Crippen LogP contribution in [0.5, 0.6) is 0 Å². The van der Waals surface area contributed by atoms with E-state index in [0.29, 0.717) is 54.1 Å². The maximum absolute atomic E-state index is 15.2. The van der Waals surface area contributed by atoms with E-state index in [4.69, 9.17) is 4.74 Å². The fraction of sp³-hybridized carbons (Fsp3) is 0.885. The highest BCUT2D eigenvalue weighted by Crippen LogP contribution is 2.78. The van der Waals surface area contributed by atoms with Crippen molar-refractivity contribution in [2.24, 2.45) is 91.2 Å². The molecule has 0 unspecified atom stereocenters. The molecule has 1 aliphatic heterocycles. The van der Waals surface area contributed by atoms with E-state index in [0.717, 1.165) is 90.5 Å². The lowest BCUT2D eigenvalue weighted by Crippen LogP contribution is -2.67. The van der Waals surface area contributed by atoms with Gasteiger partial charge < -0.3 is 19.6 Å². The van der Waals surface area contributed by atoms with E-state index in [9.17, 15) is 19.5 Å². The number of piperazine rings is 1. The van der Waals surface area contributed by atoms with Gasteiger partial charge in [0.1, 0.15) is 11.9 Å². The van der Waals surface area contributed by atoms with E-state index >= 15 is 4.79 Å². The molecule has 1 heterocycles. The maximum Gasteiger partial charge on any atom is 0.309 e. The summed E-state index contributed by atoms with van der Waals surface area (Å²) in [6.45, 7) is 34.5. The molecule has 0 aromatic heterocycles. The highest BCUT2D eigenvalue weighted by Gasteiger charge is 2.72. The molecule has 8 rings (SSSR count). The van der Waals surface area contributed by atoms with E-state index in [1.54, 1.807) is 0 Å². The van der Waals surface area contributed by atoms with Gasteiger partial charge in [-0.2, -0.15) is 0 Å². The van der Waals surface area contributed by atoms with Crippen molar-refractivity contribution in [3.63, 3.8) is 0 Å². The van der Waals surface area contributed by atoms with E-state index in [2.05, 4.69) is 78.7 Å². The summed E-state index contributed by atoms with van der Waals surface area (Å²) in [6.07, 6.45) is 12.3. The molecule has 8 heteroatoms. The molecule has 1 N–H and O–H groups in total. The van der Waals surface area contributed by atoms with E-state index in [1.165, 1.54) is 18.4 Å². The van der Waals surface area contributed by atoms with Crippen LogP contribution in [0.1, 0.15) is 160 Å². The van der Waals surface area contributed by atoms with Crippen LogP contribution in [0.2, 0.25) is 0 Å². The normalized spacial score (nSPS) is 46.3. The second-order valence-electron chi connectivity index (χ2n) is 24.8. The minimum absolute atomic E-state index is 0.0125. The summed E-state index contributed by atoms with van der Waals surface area (Å²) in [6, 6.07) is 0. The highest BCUT2D eigenvalue weighted by molar-refractivity contribution is 5.87. The Balaban J connectivity index is 0.986. The van der Waals surface area contributed by atoms with Gasteiger partial charge in [0, 0.05) is 49.3 Å². The number of carbonyl (C=O) groups is 4. The lowest BCUT2D eigenvalue weighted by atomic mass is 9.32. The zero-order chi connectivity index (χ0) is 43.7. The van der Waals surface area contributed by atoms with Crippen LogP contribution < -0.4 is 0 Å². The van der Waals surface area contributed by atoms with Crippen LogP contribution in [0.15, 0.2) is 12.2 Å². The van der Waals surface area contributed by atoms with Gasteiger partial charge in [0.15, 0.2) is 0 Å². The number of aliphatic carboxylic acids is 1. The third-order valence-electron chi connectivity index (χ3n) is 22.0. The van der Waals surface area contributed by atoms with E-state index < -0.39 is 17.3 Å². The predicted octanol–water partition coefficient (Wildman–Crippen LogP) is 10.1. The monoisotopic (exact) mass is 831 g/mol. The van der Waals surface area contributed by atoms with Crippen molar-refractivity contribution in [1.29, 1.82) is 0 Å². The Labute approximate surface area is 363 Å². The Morgan fingerprint density at radius 3 is 1.98 bits per heavy atom. The number of ketones is 1. The number of carbonyl (C=O) groups excluding carboxylic acids is 3. The van der Waals surface area contributed by atoms with Gasteiger partial charge in [-0.3, -0.25) is 19.2 Å². The van der Waals surface area contributed by atoms with Crippen LogP contribution in [-0.2, 0) is 23.9 Å². The molecular weight excluding hydrogens is 749 g/mol. The molecule has 7 saturated carbocycles. The summed E-state index contributed by atoms with van der Waals surface area (Å²) >= 11 is 0. The number of nitrogens with zero attached hydrogens (tertiary/aromatic N) is 2. The summed E-state index contributed by atoms with van der Waals surface area (Å²) < 4.78 is 6.46.